The molecule has 0 radical (unpaired) electrons. The maximum atomic E-state index is 12.6. The van der Waals surface area contributed by atoms with Crippen LogP contribution in [0.1, 0.15) is 47.1 Å². The first-order valence-electron chi connectivity index (χ1n) is 7.60. The minimum absolute atomic E-state index is 0.191. The zero-order valence-electron chi connectivity index (χ0n) is 13.7. The van der Waals surface area contributed by atoms with Gasteiger partial charge in [-0.15, -0.1) is 0 Å². The lowest BCUT2D eigenvalue weighted by Gasteiger charge is -2.09. The zero-order chi connectivity index (χ0) is 16.6. The van der Waals surface area contributed by atoms with Crippen LogP contribution in [0.15, 0.2) is 34.9 Å². The van der Waals surface area contributed by atoms with Crippen LogP contribution in [0.3, 0.4) is 0 Å². The molecule has 0 bridgehead atoms. The standard InChI is InChI=1S/C18H19N3O2/c1-10(2)13-5-7-14(8-6-13)20-17(22)15-9-11(3)19-18-16(15)12(4)21-23-18/h5-10H,1-4H3,(H,20,22). The van der Waals surface area contributed by atoms with Gasteiger partial charge >= 0.3 is 0 Å². The molecule has 1 amide bonds. The van der Waals surface area contributed by atoms with Crippen LogP contribution in [0.5, 0.6) is 0 Å². The van der Waals surface area contributed by atoms with Gasteiger partial charge in [0.2, 0.25) is 0 Å². The second-order valence-corrected chi connectivity index (χ2v) is 5.99. The van der Waals surface area contributed by atoms with E-state index in [9.17, 15) is 4.79 Å². The normalized spacial score (nSPS) is 11.2. The van der Waals surface area contributed by atoms with E-state index >= 15 is 0 Å². The number of nitrogens with one attached hydrogen (secondary N) is 1. The molecule has 118 valence electrons. The first-order chi connectivity index (χ1) is 11.0. The van der Waals surface area contributed by atoms with Crippen LogP contribution in [0, 0.1) is 13.8 Å². The molecule has 2 aromatic heterocycles. The Morgan fingerprint density at radius 2 is 1.87 bits per heavy atom. The van der Waals surface area contributed by atoms with Crippen molar-refractivity contribution < 1.29 is 9.32 Å². The van der Waals surface area contributed by atoms with Crippen LogP contribution >= 0.6 is 0 Å². The van der Waals surface area contributed by atoms with Gasteiger partial charge < -0.3 is 9.84 Å². The second-order valence-electron chi connectivity index (χ2n) is 5.99. The van der Waals surface area contributed by atoms with E-state index in [4.69, 9.17) is 4.52 Å². The van der Waals surface area contributed by atoms with Crippen molar-refractivity contribution in [2.24, 2.45) is 0 Å². The number of carbonyl (C=O) groups excluding carboxylic acids is 1. The maximum absolute atomic E-state index is 12.6. The van der Waals surface area contributed by atoms with E-state index < -0.39 is 0 Å². The van der Waals surface area contributed by atoms with Crippen LogP contribution in [0.25, 0.3) is 11.1 Å². The quantitative estimate of drug-likeness (QED) is 0.786. The Hall–Kier alpha value is -2.69. The smallest absolute Gasteiger partial charge is 0.258 e. The third-order valence-corrected chi connectivity index (χ3v) is 3.83. The maximum Gasteiger partial charge on any atom is 0.258 e. The topological polar surface area (TPSA) is 68.0 Å². The highest BCUT2D eigenvalue weighted by molar-refractivity contribution is 6.12. The lowest BCUT2D eigenvalue weighted by Crippen LogP contribution is -2.13. The predicted octanol–water partition coefficient (Wildman–Crippen LogP) is 4.22. The minimum Gasteiger partial charge on any atom is -0.336 e. The second kappa shape index (κ2) is 5.83. The third-order valence-electron chi connectivity index (χ3n) is 3.83. The molecule has 0 aliphatic rings. The van der Waals surface area contributed by atoms with E-state index in [1.807, 2.05) is 31.2 Å². The Balaban J connectivity index is 1.93. The summed E-state index contributed by atoms with van der Waals surface area (Å²) in [5.74, 6) is 0.269. The molecule has 0 aliphatic carbocycles. The van der Waals surface area contributed by atoms with Gasteiger partial charge in [0, 0.05) is 11.4 Å². The van der Waals surface area contributed by atoms with Crippen LogP contribution in [-0.2, 0) is 0 Å². The molecule has 1 aromatic carbocycles. The van der Waals surface area contributed by atoms with E-state index in [1.165, 1.54) is 5.56 Å². The lowest BCUT2D eigenvalue weighted by molar-refractivity contribution is 0.102. The molecule has 0 aliphatic heterocycles. The highest BCUT2D eigenvalue weighted by Gasteiger charge is 2.17. The molecular formula is C18H19N3O2. The SMILES string of the molecule is Cc1cc(C(=O)Nc2ccc(C(C)C)cc2)c2c(C)noc2n1. The van der Waals surface area contributed by atoms with E-state index in [2.05, 4.69) is 29.3 Å². The number of hydrogen-bond donors (Lipinski definition) is 1. The Bertz CT molecular complexity index is 864. The number of benzene rings is 1. The van der Waals surface area contributed by atoms with Gasteiger partial charge in [0.05, 0.1) is 16.6 Å². The molecule has 0 saturated heterocycles. The fourth-order valence-corrected chi connectivity index (χ4v) is 2.55. The van der Waals surface area contributed by atoms with E-state index in [0.29, 0.717) is 34.0 Å². The zero-order valence-corrected chi connectivity index (χ0v) is 13.7. The summed E-state index contributed by atoms with van der Waals surface area (Å²) in [4.78, 5) is 16.9. The monoisotopic (exact) mass is 309 g/mol. The number of rotatable bonds is 3. The van der Waals surface area contributed by atoms with Crippen molar-refractivity contribution in [1.82, 2.24) is 10.1 Å². The summed E-state index contributed by atoms with van der Waals surface area (Å²) in [5, 5.41) is 7.48. The predicted molar refractivity (Wildman–Crippen MR) is 89.8 cm³/mol. The Kier molecular flexibility index (Phi) is 3.86. The molecule has 0 fully saturated rings. The summed E-state index contributed by atoms with van der Waals surface area (Å²) in [6.07, 6.45) is 0. The van der Waals surface area contributed by atoms with Gasteiger partial charge in [0.15, 0.2) is 0 Å². The molecule has 3 rings (SSSR count). The van der Waals surface area contributed by atoms with Crippen LogP contribution in [0.2, 0.25) is 0 Å². The molecule has 2 heterocycles. The summed E-state index contributed by atoms with van der Waals surface area (Å²) in [6.45, 7) is 7.90. The van der Waals surface area contributed by atoms with Crippen molar-refractivity contribution in [3.8, 4) is 0 Å². The Morgan fingerprint density at radius 1 is 1.17 bits per heavy atom. The fraction of sp³-hybridized carbons (Fsp3) is 0.278. The largest absolute Gasteiger partial charge is 0.336 e. The van der Waals surface area contributed by atoms with Gasteiger partial charge in [-0.2, -0.15) is 0 Å². The summed E-state index contributed by atoms with van der Waals surface area (Å²) in [5.41, 5.74) is 4.29. The number of carbonyl (C=O) groups is 1. The molecule has 1 N–H and O–H groups in total. The molecule has 3 aromatic rings. The summed E-state index contributed by atoms with van der Waals surface area (Å²) >= 11 is 0. The van der Waals surface area contributed by atoms with Gasteiger partial charge in [0.1, 0.15) is 0 Å². The summed E-state index contributed by atoms with van der Waals surface area (Å²) < 4.78 is 5.17. The van der Waals surface area contributed by atoms with E-state index in [0.717, 1.165) is 5.69 Å². The number of hydrogen-bond acceptors (Lipinski definition) is 4. The molecule has 23 heavy (non-hydrogen) atoms. The molecule has 5 heteroatoms. The average molecular weight is 309 g/mol. The van der Waals surface area contributed by atoms with Gasteiger partial charge in [-0.25, -0.2) is 4.98 Å². The summed E-state index contributed by atoms with van der Waals surface area (Å²) in [7, 11) is 0. The first-order valence-corrected chi connectivity index (χ1v) is 7.60. The molecule has 0 spiro atoms. The van der Waals surface area contributed by atoms with Crippen LogP contribution in [-0.4, -0.2) is 16.0 Å². The molecule has 0 atom stereocenters. The number of amides is 1. The van der Waals surface area contributed by atoms with Gasteiger partial charge in [0.25, 0.3) is 11.6 Å². The molecule has 0 saturated carbocycles. The minimum atomic E-state index is -0.191. The van der Waals surface area contributed by atoms with Crippen molar-refractivity contribution in [3.05, 3.63) is 52.8 Å². The van der Waals surface area contributed by atoms with Crippen molar-refractivity contribution in [2.45, 2.75) is 33.6 Å². The van der Waals surface area contributed by atoms with Gasteiger partial charge in [-0.3, -0.25) is 4.79 Å². The summed E-state index contributed by atoms with van der Waals surface area (Å²) in [6, 6.07) is 9.64. The number of nitrogens with zero attached hydrogens (tertiary/aromatic N) is 2. The lowest BCUT2D eigenvalue weighted by atomic mass is 10.0. The average Bonchev–Trinajstić information content (AvgIpc) is 2.88. The van der Waals surface area contributed by atoms with Crippen molar-refractivity contribution >= 4 is 22.7 Å². The molecular weight excluding hydrogens is 290 g/mol. The number of aromatic nitrogens is 2. The van der Waals surface area contributed by atoms with Crippen molar-refractivity contribution in [1.29, 1.82) is 0 Å². The Morgan fingerprint density at radius 3 is 2.52 bits per heavy atom. The van der Waals surface area contributed by atoms with Crippen molar-refractivity contribution in [2.75, 3.05) is 5.32 Å². The number of pyridine rings is 1. The van der Waals surface area contributed by atoms with Crippen LogP contribution < -0.4 is 5.32 Å². The van der Waals surface area contributed by atoms with E-state index in [-0.39, 0.29) is 5.91 Å². The highest BCUT2D eigenvalue weighted by Crippen LogP contribution is 2.23. The number of anilines is 1. The van der Waals surface area contributed by atoms with Crippen molar-refractivity contribution in [3.63, 3.8) is 0 Å². The number of aryl methyl sites for hydroxylation is 2. The first kappa shape index (κ1) is 15.2. The van der Waals surface area contributed by atoms with Gasteiger partial charge in [-0.05, 0) is 43.5 Å². The highest BCUT2D eigenvalue weighted by atomic mass is 16.5. The van der Waals surface area contributed by atoms with Gasteiger partial charge in [-0.1, -0.05) is 31.1 Å². The number of fused-ring (bicyclic) bond motifs is 1. The fourth-order valence-electron chi connectivity index (χ4n) is 2.55. The van der Waals surface area contributed by atoms with E-state index in [1.54, 1.807) is 13.0 Å². The Labute approximate surface area is 134 Å². The molecule has 5 nitrogen and oxygen atoms in total. The third kappa shape index (κ3) is 2.95. The molecule has 0 unspecified atom stereocenters. The van der Waals surface area contributed by atoms with Crippen LogP contribution in [0.4, 0.5) is 5.69 Å².